The second kappa shape index (κ2) is 7.99. The van der Waals surface area contributed by atoms with Gasteiger partial charge < -0.3 is 14.8 Å². The smallest absolute Gasteiger partial charge is 0.338 e. The summed E-state index contributed by atoms with van der Waals surface area (Å²) in [6.45, 7) is 1.21. The summed E-state index contributed by atoms with van der Waals surface area (Å²) in [7, 11) is 1.52. The first kappa shape index (κ1) is 18.0. The van der Waals surface area contributed by atoms with Crippen LogP contribution in [0.5, 0.6) is 5.75 Å². The molecule has 0 aliphatic rings. The van der Waals surface area contributed by atoms with Crippen LogP contribution in [0.4, 0.5) is 5.82 Å². The maximum Gasteiger partial charge on any atom is 0.338 e. The number of aromatic nitrogens is 1. The third-order valence-electron chi connectivity index (χ3n) is 3.02. The van der Waals surface area contributed by atoms with Gasteiger partial charge in [0.15, 0.2) is 12.4 Å². The van der Waals surface area contributed by atoms with Crippen molar-refractivity contribution in [1.29, 1.82) is 0 Å². The van der Waals surface area contributed by atoms with Crippen LogP contribution in [0.1, 0.15) is 16.1 Å². The van der Waals surface area contributed by atoms with Gasteiger partial charge in [-0.25, -0.2) is 9.78 Å². The topological polar surface area (TPSA) is 77.5 Å². The molecule has 126 valence electrons. The quantitative estimate of drug-likeness (QED) is 0.817. The number of pyridine rings is 1. The fourth-order valence-electron chi connectivity index (χ4n) is 1.76. The van der Waals surface area contributed by atoms with E-state index in [1.54, 1.807) is 31.2 Å². The van der Waals surface area contributed by atoms with Gasteiger partial charge in [-0.05, 0) is 37.3 Å². The van der Waals surface area contributed by atoms with Crippen LogP contribution in [0.3, 0.4) is 0 Å². The zero-order chi connectivity index (χ0) is 17.7. The second-order valence-electron chi connectivity index (χ2n) is 4.74. The van der Waals surface area contributed by atoms with Crippen LogP contribution in [-0.2, 0) is 9.53 Å². The minimum absolute atomic E-state index is 0.157. The number of carbonyl (C=O) groups excluding carboxylic acids is 2. The number of anilines is 1. The molecule has 24 heavy (non-hydrogen) atoms. The fraction of sp³-hybridized carbons (Fsp3) is 0.188. The van der Waals surface area contributed by atoms with Crippen molar-refractivity contribution < 1.29 is 19.1 Å². The van der Waals surface area contributed by atoms with Gasteiger partial charge >= 0.3 is 5.97 Å². The molecule has 0 spiro atoms. The van der Waals surface area contributed by atoms with E-state index in [0.717, 1.165) is 0 Å². The van der Waals surface area contributed by atoms with E-state index >= 15 is 0 Å². The van der Waals surface area contributed by atoms with Gasteiger partial charge in [-0.15, -0.1) is 0 Å². The summed E-state index contributed by atoms with van der Waals surface area (Å²) in [6.07, 6.45) is 0. The number of hydrogen-bond donors (Lipinski definition) is 1. The van der Waals surface area contributed by atoms with E-state index in [-0.39, 0.29) is 10.8 Å². The van der Waals surface area contributed by atoms with Gasteiger partial charge in [0, 0.05) is 0 Å². The molecule has 0 bridgehead atoms. The predicted octanol–water partition coefficient (Wildman–Crippen LogP) is 3.50. The van der Waals surface area contributed by atoms with Crippen molar-refractivity contribution in [2.45, 2.75) is 6.92 Å². The van der Waals surface area contributed by atoms with Crippen molar-refractivity contribution >= 4 is 40.9 Å². The molecule has 0 unspecified atom stereocenters. The van der Waals surface area contributed by atoms with Crippen LogP contribution < -0.4 is 10.1 Å². The molecule has 0 saturated heterocycles. The lowest BCUT2D eigenvalue weighted by molar-refractivity contribution is -0.119. The number of ether oxygens (including phenoxy) is 2. The van der Waals surface area contributed by atoms with E-state index in [1.165, 1.54) is 13.2 Å². The lowest BCUT2D eigenvalue weighted by Crippen LogP contribution is -2.21. The van der Waals surface area contributed by atoms with Crippen LogP contribution in [0.15, 0.2) is 30.3 Å². The zero-order valence-corrected chi connectivity index (χ0v) is 14.4. The average molecular weight is 369 g/mol. The SMILES string of the molecule is COc1ccc(C(=O)OCC(=O)Nc2nc(C)c(Cl)cc2Cl)cc1. The minimum atomic E-state index is -0.626. The molecule has 2 aromatic rings. The monoisotopic (exact) mass is 368 g/mol. The van der Waals surface area contributed by atoms with Gasteiger partial charge in [-0.1, -0.05) is 23.2 Å². The highest BCUT2D eigenvalue weighted by molar-refractivity contribution is 6.36. The number of esters is 1. The minimum Gasteiger partial charge on any atom is -0.497 e. The highest BCUT2D eigenvalue weighted by atomic mass is 35.5. The van der Waals surface area contributed by atoms with Gasteiger partial charge in [-0.2, -0.15) is 0 Å². The van der Waals surface area contributed by atoms with E-state index in [9.17, 15) is 9.59 Å². The molecule has 0 atom stereocenters. The lowest BCUT2D eigenvalue weighted by Gasteiger charge is -2.09. The molecule has 1 heterocycles. The number of aryl methyl sites for hydroxylation is 1. The second-order valence-corrected chi connectivity index (χ2v) is 5.55. The van der Waals surface area contributed by atoms with E-state index in [4.69, 9.17) is 32.7 Å². The maximum atomic E-state index is 11.9. The van der Waals surface area contributed by atoms with Crippen molar-refractivity contribution in [2.75, 3.05) is 19.0 Å². The van der Waals surface area contributed by atoms with E-state index < -0.39 is 18.5 Å². The van der Waals surface area contributed by atoms with E-state index in [0.29, 0.717) is 22.0 Å². The lowest BCUT2D eigenvalue weighted by atomic mass is 10.2. The number of amides is 1. The van der Waals surface area contributed by atoms with Crippen molar-refractivity contribution in [3.8, 4) is 5.75 Å². The van der Waals surface area contributed by atoms with Crippen molar-refractivity contribution in [3.05, 3.63) is 51.6 Å². The molecule has 0 aliphatic heterocycles. The van der Waals surface area contributed by atoms with E-state index in [2.05, 4.69) is 10.3 Å². The van der Waals surface area contributed by atoms with Gasteiger partial charge in [0.2, 0.25) is 0 Å². The number of carbonyl (C=O) groups is 2. The molecule has 6 nitrogen and oxygen atoms in total. The molecule has 0 fully saturated rings. The number of nitrogens with one attached hydrogen (secondary N) is 1. The molecule has 1 amide bonds. The van der Waals surface area contributed by atoms with Crippen molar-refractivity contribution in [3.63, 3.8) is 0 Å². The van der Waals surface area contributed by atoms with Crippen LogP contribution in [0.2, 0.25) is 10.0 Å². The van der Waals surface area contributed by atoms with Crippen LogP contribution >= 0.6 is 23.2 Å². The first-order valence-corrected chi connectivity index (χ1v) is 7.60. The summed E-state index contributed by atoms with van der Waals surface area (Å²) in [6, 6.07) is 7.80. The van der Waals surface area contributed by atoms with Crippen molar-refractivity contribution in [2.24, 2.45) is 0 Å². The molecule has 2 rings (SSSR count). The number of nitrogens with zero attached hydrogens (tertiary/aromatic N) is 1. The Bertz CT molecular complexity index is 763. The zero-order valence-electron chi connectivity index (χ0n) is 12.9. The normalized spacial score (nSPS) is 10.2. The summed E-state index contributed by atoms with van der Waals surface area (Å²) in [5, 5.41) is 3.05. The Hall–Kier alpha value is -2.31. The molecule has 0 aliphatic carbocycles. The Morgan fingerprint density at radius 3 is 2.46 bits per heavy atom. The molecule has 0 saturated carbocycles. The fourth-order valence-corrected chi connectivity index (χ4v) is 2.16. The molecular formula is C16H14Cl2N2O4. The Kier molecular flexibility index (Phi) is 6.00. The first-order chi connectivity index (χ1) is 11.4. The summed E-state index contributed by atoms with van der Waals surface area (Å²) in [5.74, 6) is -0.417. The third kappa shape index (κ3) is 4.59. The average Bonchev–Trinajstić information content (AvgIpc) is 2.57. The Balaban J connectivity index is 1.93. The number of methoxy groups -OCH3 is 1. The molecule has 1 N–H and O–H groups in total. The third-order valence-corrected chi connectivity index (χ3v) is 3.69. The molecular weight excluding hydrogens is 355 g/mol. The molecule has 1 aromatic carbocycles. The highest BCUT2D eigenvalue weighted by Gasteiger charge is 2.13. The van der Waals surface area contributed by atoms with Crippen LogP contribution in [-0.4, -0.2) is 30.6 Å². The largest absolute Gasteiger partial charge is 0.497 e. The Morgan fingerprint density at radius 2 is 1.83 bits per heavy atom. The molecule has 0 radical (unpaired) electrons. The standard InChI is InChI=1S/C16H14Cl2N2O4/c1-9-12(17)7-13(18)15(19-9)20-14(21)8-24-16(22)10-3-5-11(23-2)6-4-10/h3-7H,8H2,1-2H3,(H,19,20,21). The van der Waals surface area contributed by atoms with Crippen LogP contribution in [0, 0.1) is 6.92 Å². The van der Waals surface area contributed by atoms with Crippen molar-refractivity contribution in [1.82, 2.24) is 4.98 Å². The summed E-state index contributed by atoms with van der Waals surface area (Å²) in [5.41, 5.74) is 0.827. The number of halogens is 2. The van der Waals surface area contributed by atoms with Gasteiger partial charge in [0.25, 0.3) is 5.91 Å². The number of hydrogen-bond acceptors (Lipinski definition) is 5. The maximum absolute atomic E-state index is 11.9. The van der Waals surface area contributed by atoms with Gasteiger partial charge in [0.05, 0.1) is 28.4 Å². The number of rotatable bonds is 5. The predicted molar refractivity (Wildman–Crippen MR) is 90.9 cm³/mol. The Morgan fingerprint density at radius 1 is 1.17 bits per heavy atom. The van der Waals surface area contributed by atoms with Crippen LogP contribution in [0.25, 0.3) is 0 Å². The molecule has 8 heteroatoms. The first-order valence-electron chi connectivity index (χ1n) is 6.84. The summed E-state index contributed by atoms with van der Waals surface area (Å²) >= 11 is 11.8. The highest BCUT2D eigenvalue weighted by Crippen LogP contribution is 2.25. The Labute approximate surface area is 148 Å². The summed E-state index contributed by atoms with van der Waals surface area (Å²) in [4.78, 5) is 27.8. The van der Waals surface area contributed by atoms with E-state index in [1.807, 2.05) is 0 Å². The summed E-state index contributed by atoms with van der Waals surface area (Å²) < 4.78 is 9.94. The van der Waals surface area contributed by atoms with Gasteiger partial charge in [0.1, 0.15) is 5.75 Å². The van der Waals surface area contributed by atoms with Gasteiger partial charge in [-0.3, -0.25) is 4.79 Å². The number of benzene rings is 1. The molecule has 1 aromatic heterocycles.